The Bertz CT molecular complexity index is 314. The van der Waals surface area contributed by atoms with E-state index in [1.165, 1.54) is 6.07 Å². The van der Waals surface area contributed by atoms with Crippen LogP contribution in [0.25, 0.3) is 0 Å². The number of nitrogens with two attached hydrogens (primary N) is 1. The maximum atomic E-state index is 13.2. The van der Waals surface area contributed by atoms with Crippen molar-refractivity contribution in [3.8, 4) is 0 Å². The average molecular weight is 197 g/mol. The van der Waals surface area contributed by atoms with Gasteiger partial charge in [-0.25, -0.2) is 4.39 Å². The van der Waals surface area contributed by atoms with Crippen molar-refractivity contribution < 1.29 is 9.13 Å². The highest BCUT2D eigenvalue weighted by Gasteiger charge is 2.14. The second-order valence-corrected chi connectivity index (χ2v) is 3.48. The lowest BCUT2D eigenvalue weighted by molar-refractivity contribution is 0.0956. The molecule has 0 aromatic heterocycles. The number of ether oxygens (including phenoxy) is 1. The SMILES string of the molecule is COC(C)C(N)c1ccc(C)c(F)c1. The third-order valence-electron chi connectivity index (χ3n) is 2.46. The Labute approximate surface area is 83.9 Å². The van der Waals surface area contributed by atoms with Crippen LogP contribution in [-0.4, -0.2) is 13.2 Å². The van der Waals surface area contributed by atoms with Crippen molar-refractivity contribution in [2.24, 2.45) is 5.73 Å². The average Bonchev–Trinajstić information content (AvgIpc) is 2.20. The van der Waals surface area contributed by atoms with Crippen molar-refractivity contribution in [1.82, 2.24) is 0 Å². The molecule has 0 bridgehead atoms. The number of hydrogen-bond acceptors (Lipinski definition) is 2. The minimum absolute atomic E-state index is 0.114. The van der Waals surface area contributed by atoms with E-state index in [0.717, 1.165) is 5.56 Å². The van der Waals surface area contributed by atoms with Crippen LogP contribution in [0.1, 0.15) is 24.1 Å². The van der Waals surface area contributed by atoms with Gasteiger partial charge in [0.15, 0.2) is 0 Å². The predicted octanol–water partition coefficient (Wildman–Crippen LogP) is 2.17. The highest BCUT2D eigenvalue weighted by Crippen LogP contribution is 2.18. The largest absolute Gasteiger partial charge is 0.380 e. The Morgan fingerprint density at radius 1 is 1.43 bits per heavy atom. The lowest BCUT2D eigenvalue weighted by atomic mass is 10.0. The van der Waals surface area contributed by atoms with Gasteiger partial charge in [-0.2, -0.15) is 0 Å². The van der Waals surface area contributed by atoms with Crippen LogP contribution in [0, 0.1) is 12.7 Å². The monoisotopic (exact) mass is 197 g/mol. The number of rotatable bonds is 3. The molecular weight excluding hydrogens is 181 g/mol. The third-order valence-corrected chi connectivity index (χ3v) is 2.46. The van der Waals surface area contributed by atoms with E-state index in [1.807, 2.05) is 13.0 Å². The lowest BCUT2D eigenvalue weighted by Crippen LogP contribution is -2.25. The molecule has 2 unspecified atom stereocenters. The summed E-state index contributed by atoms with van der Waals surface area (Å²) in [5.41, 5.74) is 7.27. The topological polar surface area (TPSA) is 35.2 Å². The first-order chi connectivity index (χ1) is 6.56. The van der Waals surface area contributed by atoms with Crippen LogP contribution in [0.3, 0.4) is 0 Å². The Morgan fingerprint density at radius 2 is 2.07 bits per heavy atom. The molecule has 2 atom stereocenters. The van der Waals surface area contributed by atoms with Gasteiger partial charge in [0.05, 0.1) is 12.1 Å². The van der Waals surface area contributed by atoms with Crippen molar-refractivity contribution in [2.75, 3.05) is 7.11 Å². The summed E-state index contributed by atoms with van der Waals surface area (Å²) in [6, 6.07) is 4.75. The van der Waals surface area contributed by atoms with Gasteiger partial charge in [-0.1, -0.05) is 12.1 Å². The maximum absolute atomic E-state index is 13.2. The summed E-state index contributed by atoms with van der Waals surface area (Å²) < 4.78 is 18.3. The van der Waals surface area contributed by atoms with Gasteiger partial charge in [0.1, 0.15) is 5.82 Å². The lowest BCUT2D eigenvalue weighted by Gasteiger charge is -2.18. The smallest absolute Gasteiger partial charge is 0.126 e. The van der Waals surface area contributed by atoms with Gasteiger partial charge >= 0.3 is 0 Å². The zero-order chi connectivity index (χ0) is 10.7. The molecule has 0 saturated heterocycles. The van der Waals surface area contributed by atoms with E-state index in [2.05, 4.69) is 0 Å². The van der Waals surface area contributed by atoms with Crippen LogP contribution in [0.5, 0.6) is 0 Å². The molecule has 0 fully saturated rings. The molecule has 14 heavy (non-hydrogen) atoms. The molecule has 1 rings (SSSR count). The molecule has 2 N–H and O–H groups in total. The fraction of sp³-hybridized carbons (Fsp3) is 0.455. The number of halogens is 1. The summed E-state index contributed by atoms with van der Waals surface area (Å²) in [5, 5.41) is 0. The number of methoxy groups -OCH3 is 1. The number of hydrogen-bond donors (Lipinski definition) is 1. The Kier molecular flexibility index (Phi) is 3.61. The van der Waals surface area contributed by atoms with E-state index in [1.54, 1.807) is 20.1 Å². The van der Waals surface area contributed by atoms with Crippen LogP contribution >= 0.6 is 0 Å². The Balaban J connectivity index is 2.91. The van der Waals surface area contributed by atoms with Crippen molar-refractivity contribution >= 4 is 0 Å². The zero-order valence-electron chi connectivity index (χ0n) is 8.75. The quantitative estimate of drug-likeness (QED) is 0.806. The summed E-state index contributed by atoms with van der Waals surface area (Å²) in [4.78, 5) is 0. The van der Waals surface area contributed by atoms with Gasteiger partial charge in [-0.3, -0.25) is 0 Å². The van der Waals surface area contributed by atoms with Crippen LogP contribution < -0.4 is 5.73 Å². The van der Waals surface area contributed by atoms with Crippen LogP contribution in [-0.2, 0) is 4.74 Å². The predicted molar refractivity (Wildman–Crippen MR) is 54.5 cm³/mol. The van der Waals surface area contributed by atoms with Gasteiger partial charge in [0.25, 0.3) is 0 Å². The molecule has 3 heteroatoms. The highest BCUT2D eigenvalue weighted by atomic mass is 19.1. The maximum Gasteiger partial charge on any atom is 0.126 e. The molecule has 0 saturated carbocycles. The third kappa shape index (κ3) is 2.30. The van der Waals surface area contributed by atoms with E-state index in [0.29, 0.717) is 5.56 Å². The summed E-state index contributed by atoms with van der Waals surface area (Å²) in [7, 11) is 1.59. The molecule has 0 amide bonds. The number of benzene rings is 1. The Morgan fingerprint density at radius 3 is 2.57 bits per heavy atom. The summed E-state index contributed by atoms with van der Waals surface area (Å²) in [5.74, 6) is -0.221. The molecule has 1 aromatic rings. The second-order valence-electron chi connectivity index (χ2n) is 3.48. The normalized spacial score (nSPS) is 15.2. The van der Waals surface area contributed by atoms with E-state index in [9.17, 15) is 4.39 Å². The van der Waals surface area contributed by atoms with E-state index < -0.39 is 0 Å². The van der Waals surface area contributed by atoms with Gasteiger partial charge < -0.3 is 10.5 Å². The molecule has 78 valence electrons. The molecular formula is C11H16FNO. The minimum Gasteiger partial charge on any atom is -0.380 e. The first kappa shape index (κ1) is 11.1. The summed E-state index contributed by atoms with van der Waals surface area (Å²) in [6.07, 6.45) is -0.114. The van der Waals surface area contributed by atoms with Crippen molar-refractivity contribution in [3.05, 3.63) is 35.1 Å². The highest BCUT2D eigenvalue weighted by molar-refractivity contribution is 5.26. The van der Waals surface area contributed by atoms with Crippen molar-refractivity contribution in [1.29, 1.82) is 0 Å². The molecule has 1 aromatic carbocycles. The molecule has 0 radical (unpaired) electrons. The first-order valence-corrected chi connectivity index (χ1v) is 4.60. The molecule has 2 nitrogen and oxygen atoms in total. The standard InChI is InChI=1S/C11H16FNO/c1-7-4-5-9(6-10(7)12)11(13)8(2)14-3/h4-6,8,11H,13H2,1-3H3. The molecule has 0 spiro atoms. The molecule has 0 aliphatic heterocycles. The summed E-state index contributed by atoms with van der Waals surface area (Å²) in [6.45, 7) is 3.59. The van der Waals surface area contributed by atoms with Gasteiger partial charge in [0.2, 0.25) is 0 Å². The van der Waals surface area contributed by atoms with Crippen molar-refractivity contribution in [3.63, 3.8) is 0 Å². The minimum atomic E-state index is -0.282. The molecule has 0 aliphatic rings. The van der Waals surface area contributed by atoms with Crippen LogP contribution in [0.2, 0.25) is 0 Å². The fourth-order valence-electron chi connectivity index (χ4n) is 1.23. The van der Waals surface area contributed by atoms with E-state index in [-0.39, 0.29) is 18.0 Å². The van der Waals surface area contributed by atoms with Crippen LogP contribution in [0.4, 0.5) is 4.39 Å². The Hall–Kier alpha value is -0.930. The van der Waals surface area contributed by atoms with E-state index >= 15 is 0 Å². The fourth-order valence-corrected chi connectivity index (χ4v) is 1.23. The van der Waals surface area contributed by atoms with Gasteiger partial charge in [-0.05, 0) is 31.0 Å². The zero-order valence-corrected chi connectivity index (χ0v) is 8.75. The van der Waals surface area contributed by atoms with Gasteiger partial charge in [-0.15, -0.1) is 0 Å². The summed E-state index contributed by atoms with van der Waals surface area (Å²) >= 11 is 0. The van der Waals surface area contributed by atoms with E-state index in [4.69, 9.17) is 10.5 Å². The van der Waals surface area contributed by atoms with Crippen molar-refractivity contribution in [2.45, 2.75) is 26.0 Å². The molecule has 0 heterocycles. The van der Waals surface area contributed by atoms with Gasteiger partial charge in [0, 0.05) is 7.11 Å². The molecule has 0 aliphatic carbocycles. The first-order valence-electron chi connectivity index (χ1n) is 4.60. The number of aryl methyl sites for hydroxylation is 1. The van der Waals surface area contributed by atoms with Crippen LogP contribution in [0.15, 0.2) is 18.2 Å². The second kappa shape index (κ2) is 4.53.